The zero-order valence-electron chi connectivity index (χ0n) is 16.2. The van der Waals surface area contributed by atoms with Crippen LogP contribution < -0.4 is 20.7 Å². The second-order valence-corrected chi connectivity index (χ2v) is 7.27. The Kier molecular flexibility index (Phi) is 5.18. The predicted octanol–water partition coefficient (Wildman–Crippen LogP) is 4.28. The van der Waals surface area contributed by atoms with E-state index in [2.05, 4.69) is 40.2 Å². The van der Waals surface area contributed by atoms with Crippen LogP contribution in [0, 0.1) is 0 Å². The fourth-order valence-electron chi connectivity index (χ4n) is 3.51. The molecule has 3 aromatic carbocycles. The van der Waals surface area contributed by atoms with Crippen molar-refractivity contribution in [1.29, 1.82) is 0 Å². The number of anilines is 1. The van der Waals surface area contributed by atoms with Crippen molar-refractivity contribution in [2.45, 2.75) is 13.0 Å². The number of thiocarbonyl (C=S) groups is 1. The molecule has 0 saturated carbocycles. The molecule has 3 N–H and O–H groups in total. The molecule has 0 fully saturated rings. The van der Waals surface area contributed by atoms with E-state index in [9.17, 15) is 4.79 Å². The number of carbonyl (C=O) groups excluding carboxylic acids is 1. The summed E-state index contributed by atoms with van der Waals surface area (Å²) < 4.78 is 5.17. The Bertz CT molecular complexity index is 1120. The number of carbonyl (C=O) groups is 1. The number of nitrogens with one attached hydrogen (secondary N) is 3. The summed E-state index contributed by atoms with van der Waals surface area (Å²) in [7, 11) is 1.61. The molecule has 0 unspecified atom stereocenters. The first-order chi connectivity index (χ1) is 14.0. The Balaban J connectivity index is 1.68. The van der Waals surface area contributed by atoms with Gasteiger partial charge < -0.3 is 20.7 Å². The molecule has 146 valence electrons. The Hall–Kier alpha value is -3.38. The highest BCUT2D eigenvalue weighted by molar-refractivity contribution is 7.80. The maximum atomic E-state index is 13.2. The van der Waals surface area contributed by atoms with Crippen molar-refractivity contribution in [3.8, 4) is 5.75 Å². The summed E-state index contributed by atoms with van der Waals surface area (Å²) in [5, 5.41) is 12.1. The average Bonchev–Trinajstić information content (AvgIpc) is 2.73. The molecule has 1 heterocycles. The summed E-state index contributed by atoms with van der Waals surface area (Å²) in [4.78, 5) is 13.2. The van der Waals surface area contributed by atoms with Gasteiger partial charge in [0.2, 0.25) is 0 Å². The molecule has 3 aromatic rings. The van der Waals surface area contributed by atoms with Crippen LogP contribution in [-0.2, 0) is 4.79 Å². The van der Waals surface area contributed by atoms with Gasteiger partial charge in [0.05, 0.1) is 18.7 Å². The van der Waals surface area contributed by atoms with Crippen LogP contribution in [0.1, 0.15) is 18.5 Å². The van der Waals surface area contributed by atoms with Crippen LogP contribution >= 0.6 is 12.2 Å². The van der Waals surface area contributed by atoms with E-state index in [1.165, 1.54) is 0 Å². The van der Waals surface area contributed by atoms with Gasteiger partial charge in [0.1, 0.15) is 5.75 Å². The van der Waals surface area contributed by atoms with E-state index < -0.39 is 0 Å². The third kappa shape index (κ3) is 3.93. The van der Waals surface area contributed by atoms with Crippen LogP contribution in [-0.4, -0.2) is 18.1 Å². The summed E-state index contributed by atoms with van der Waals surface area (Å²) in [5.74, 6) is 0.548. The lowest BCUT2D eigenvalue weighted by Gasteiger charge is -2.30. The number of allylic oxidation sites excluding steroid dienone is 1. The second kappa shape index (κ2) is 7.93. The maximum absolute atomic E-state index is 13.2. The largest absolute Gasteiger partial charge is 0.497 e. The Morgan fingerprint density at radius 1 is 1.03 bits per heavy atom. The van der Waals surface area contributed by atoms with Crippen molar-refractivity contribution in [1.82, 2.24) is 10.6 Å². The summed E-state index contributed by atoms with van der Waals surface area (Å²) in [6.45, 7) is 1.87. The van der Waals surface area contributed by atoms with E-state index >= 15 is 0 Å². The summed E-state index contributed by atoms with van der Waals surface area (Å²) in [6.07, 6.45) is 0. The number of benzene rings is 3. The average molecular weight is 404 g/mol. The Labute approximate surface area is 174 Å². The Morgan fingerprint density at radius 2 is 1.76 bits per heavy atom. The first kappa shape index (κ1) is 19.0. The monoisotopic (exact) mass is 403 g/mol. The molecular weight excluding hydrogens is 382 g/mol. The van der Waals surface area contributed by atoms with E-state index in [1.807, 2.05) is 49.4 Å². The number of amides is 1. The van der Waals surface area contributed by atoms with Gasteiger partial charge in [-0.25, -0.2) is 0 Å². The molecule has 5 nitrogen and oxygen atoms in total. The zero-order chi connectivity index (χ0) is 20.4. The second-order valence-electron chi connectivity index (χ2n) is 6.86. The molecule has 29 heavy (non-hydrogen) atoms. The van der Waals surface area contributed by atoms with Crippen molar-refractivity contribution in [2.24, 2.45) is 0 Å². The minimum absolute atomic E-state index is 0.187. The standard InChI is InChI=1S/C23H21N3O2S/c1-14-20(22(27)25-18-9-11-19(28-2)12-10-18)21(26-23(29)24-14)17-8-7-15-5-3-4-6-16(15)13-17/h3-13,21H,1-2H3,(H,25,27)(H2,24,26,29)/t21-/m0/s1. The van der Waals surface area contributed by atoms with Crippen molar-refractivity contribution >= 4 is 39.7 Å². The minimum atomic E-state index is -0.341. The molecule has 0 spiro atoms. The van der Waals surface area contributed by atoms with Gasteiger partial charge >= 0.3 is 0 Å². The molecular formula is C23H21N3O2S. The number of rotatable bonds is 4. The van der Waals surface area contributed by atoms with E-state index in [-0.39, 0.29) is 11.9 Å². The SMILES string of the molecule is COc1ccc(NC(=O)C2=C(C)NC(=S)N[C@H]2c2ccc3ccccc3c2)cc1. The lowest BCUT2D eigenvalue weighted by atomic mass is 9.93. The van der Waals surface area contributed by atoms with Crippen molar-refractivity contribution < 1.29 is 9.53 Å². The molecule has 4 rings (SSSR count). The highest BCUT2D eigenvalue weighted by atomic mass is 32.1. The Morgan fingerprint density at radius 3 is 2.48 bits per heavy atom. The highest BCUT2D eigenvalue weighted by Crippen LogP contribution is 2.30. The fraction of sp³-hybridized carbons (Fsp3) is 0.130. The quantitative estimate of drug-likeness (QED) is 0.568. The lowest BCUT2D eigenvalue weighted by Crippen LogP contribution is -2.45. The number of hydrogen-bond donors (Lipinski definition) is 3. The zero-order valence-corrected chi connectivity index (χ0v) is 17.0. The molecule has 0 radical (unpaired) electrons. The van der Waals surface area contributed by atoms with Crippen molar-refractivity contribution in [3.63, 3.8) is 0 Å². The molecule has 1 aliphatic heterocycles. The van der Waals surface area contributed by atoms with E-state index in [0.717, 1.165) is 27.8 Å². The molecule has 0 aliphatic carbocycles. The number of fused-ring (bicyclic) bond motifs is 1. The first-order valence-electron chi connectivity index (χ1n) is 9.27. The lowest BCUT2D eigenvalue weighted by molar-refractivity contribution is -0.113. The van der Waals surface area contributed by atoms with Gasteiger partial charge in [-0.2, -0.15) is 0 Å². The minimum Gasteiger partial charge on any atom is -0.497 e. The van der Waals surface area contributed by atoms with Crippen LogP contribution in [0.25, 0.3) is 10.8 Å². The van der Waals surface area contributed by atoms with Gasteiger partial charge in [-0.05, 0) is 65.8 Å². The summed E-state index contributed by atoms with van der Waals surface area (Å²) in [6, 6.07) is 21.2. The third-order valence-corrected chi connectivity index (χ3v) is 5.19. The number of methoxy groups -OCH3 is 1. The van der Waals surface area contributed by atoms with Crippen LogP contribution in [0.15, 0.2) is 78.0 Å². The third-order valence-electron chi connectivity index (χ3n) is 4.97. The van der Waals surface area contributed by atoms with Gasteiger partial charge in [0.15, 0.2) is 5.11 Å². The smallest absolute Gasteiger partial charge is 0.255 e. The van der Waals surface area contributed by atoms with E-state index in [4.69, 9.17) is 17.0 Å². The fourth-order valence-corrected chi connectivity index (χ4v) is 3.78. The van der Waals surface area contributed by atoms with Gasteiger partial charge in [0, 0.05) is 11.4 Å². The van der Waals surface area contributed by atoms with Crippen LogP contribution in [0.4, 0.5) is 5.69 Å². The van der Waals surface area contributed by atoms with Gasteiger partial charge in [0.25, 0.3) is 5.91 Å². The van der Waals surface area contributed by atoms with Crippen LogP contribution in [0.5, 0.6) is 5.75 Å². The highest BCUT2D eigenvalue weighted by Gasteiger charge is 2.30. The van der Waals surface area contributed by atoms with Gasteiger partial charge in [-0.3, -0.25) is 4.79 Å². The molecule has 6 heteroatoms. The maximum Gasteiger partial charge on any atom is 0.255 e. The number of hydrogen-bond acceptors (Lipinski definition) is 3. The predicted molar refractivity (Wildman–Crippen MR) is 120 cm³/mol. The van der Waals surface area contributed by atoms with Crippen LogP contribution in [0.2, 0.25) is 0 Å². The molecule has 0 bridgehead atoms. The molecule has 1 aliphatic rings. The van der Waals surface area contributed by atoms with Gasteiger partial charge in [-0.1, -0.05) is 36.4 Å². The summed E-state index contributed by atoms with van der Waals surface area (Å²) >= 11 is 5.35. The summed E-state index contributed by atoms with van der Waals surface area (Å²) in [5.41, 5.74) is 3.01. The first-order valence-corrected chi connectivity index (χ1v) is 9.68. The number of ether oxygens (including phenoxy) is 1. The van der Waals surface area contributed by atoms with Crippen LogP contribution in [0.3, 0.4) is 0 Å². The molecule has 1 atom stereocenters. The van der Waals surface area contributed by atoms with Crippen molar-refractivity contribution in [3.05, 3.63) is 83.6 Å². The van der Waals surface area contributed by atoms with E-state index in [1.54, 1.807) is 7.11 Å². The van der Waals surface area contributed by atoms with Crippen molar-refractivity contribution in [2.75, 3.05) is 12.4 Å². The van der Waals surface area contributed by atoms with Gasteiger partial charge in [-0.15, -0.1) is 0 Å². The molecule has 0 aromatic heterocycles. The topological polar surface area (TPSA) is 62.4 Å². The molecule has 0 saturated heterocycles. The van der Waals surface area contributed by atoms with E-state index in [0.29, 0.717) is 16.4 Å². The normalized spacial score (nSPS) is 16.2. The molecule has 1 amide bonds.